The van der Waals surface area contributed by atoms with Gasteiger partial charge in [-0.05, 0) is 24.3 Å². The summed E-state index contributed by atoms with van der Waals surface area (Å²) >= 11 is 0. The van der Waals surface area contributed by atoms with Gasteiger partial charge >= 0.3 is 0 Å². The number of aromatic nitrogens is 1. The molecular formula is C9H9ClN2O. The van der Waals surface area contributed by atoms with Crippen molar-refractivity contribution in [1.29, 1.82) is 0 Å². The lowest BCUT2D eigenvalue weighted by molar-refractivity contribution is 0.432. The third kappa shape index (κ3) is 2.00. The quantitative estimate of drug-likeness (QED) is 0.713. The molecule has 1 aromatic heterocycles. The number of nitrogen functional groups attached to an aromatic ring is 1. The van der Waals surface area contributed by atoms with Gasteiger partial charge in [-0.3, -0.25) is 0 Å². The summed E-state index contributed by atoms with van der Waals surface area (Å²) in [6, 6.07) is 9.27. The number of nitrogens with two attached hydrogens (primary N) is 1. The molecule has 68 valence electrons. The van der Waals surface area contributed by atoms with Gasteiger partial charge in [-0.15, -0.1) is 12.4 Å². The molecule has 0 radical (unpaired) electrons. The first-order valence-corrected chi connectivity index (χ1v) is 3.63. The van der Waals surface area contributed by atoms with Crippen LogP contribution in [0.25, 0.3) is 11.3 Å². The summed E-state index contributed by atoms with van der Waals surface area (Å²) in [7, 11) is 0. The van der Waals surface area contributed by atoms with E-state index in [2.05, 4.69) is 5.16 Å². The number of benzene rings is 1. The van der Waals surface area contributed by atoms with E-state index in [1.807, 2.05) is 30.3 Å². The lowest BCUT2D eigenvalue weighted by Gasteiger charge is -1.95. The summed E-state index contributed by atoms with van der Waals surface area (Å²) in [4.78, 5) is 0. The predicted molar refractivity (Wildman–Crippen MR) is 53.6 cm³/mol. The van der Waals surface area contributed by atoms with Crippen molar-refractivity contribution >= 4 is 18.1 Å². The molecule has 3 nitrogen and oxygen atoms in total. The third-order valence-corrected chi connectivity index (χ3v) is 1.63. The van der Waals surface area contributed by atoms with E-state index < -0.39 is 0 Å². The van der Waals surface area contributed by atoms with Crippen LogP contribution < -0.4 is 5.73 Å². The minimum absolute atomic E-state index is 0. The van der Waals surface area contributed by atoms with Gasteiger partial charge < -0.3 is 10.3 Å². The molecular weight excluding hydrogens is 188 g/mol. The Labute approximate surface area is 81.9 Å². The molecule has 0 saturated carbocycles. The Bertz CT molecular complexity index is 356. The van der Waals surface area contributed by atoms with E-state index in [1.165, 1.54) is 0 Å². The molecule has 2 aromatic rings. The zero-order valence-corrected chi connectivity index (χ0v) is 7.62. The molecule has 0 aliphatic heterocycles. The average Bonchev–Trinajstić information content (AvgIpc) is 2.58. The van der Waals surface area contributed by atoms with E-state index in [-0.39, 0.29) is 12.4 Å². The fourth-order valence-electron chi connectivity index (χ4n) is 1.01. The van der Waals surface area contributed by atoms with Crippen LogP contribution >= 0.6 is 12.4 Å². The first-order valence-electron chi connectivity index (χ1n) is 3.63. The molecule has 0 unspecified atom stereocenters. The molecule has 2 N–H and O–H groups in total. The van der Waals surface area contributed by atoms with Crippen molar-refractivity contribution in [2.75, 3.05) is 5.73 Å². The zero-order valence-electron chi connectivity index (χ0n) is 6.81. The average molecular weight is 197 g/mol. The van der Waals surface area contributed by atoms with Crippen LogP contribution in [0.15, 0.2) is 41.1 Å². The zero-order chi connectivity index (χ0) is 8.39. The second-order valence-corrected chi connectivity index (χ2v) is 2.50. The molecule has 2 rings (SSSR count). The third-order valence-electron chi connectivity index (χ3n) is 1.63. The van der Waals surface area contributed by atoms with Crippen LogP contribution in [0.2, 0.25) is 0 Å². The maximum Gasteiger partial charge on any atom is 0.166 e. The summed E-state index contributed by atoms with van der Waals surface area (Å²) in [5.41, 5.74) is 7.27. The van der Waals surface area contributed by atoms with Crippen LogP contribution in [0, 0.1) is 0 Å². The molecule has 0 aliphatic rings. The summed E-state index contributed by atoms with van der Waals surface area (Å²) in [5.74, 6) is 0.759. The Hall–Kier alpha value is -1.48. The minimum atomic E-state index is 0. The largest absolute Gasteiger partial charge is 0.399 e. The molecule has 13 heavy (non-hydrogen) atoms. The highest BCUT2D eigenvalue weighted by Gasteiger charge is 1.99. The van der Waals surface area contributed by atoms with Gasteiger partial charge in [0.15, 0.2) is 5.76 Å². The fraction of sp³-hybridized carbons (Fsp3) is 0. The van der Waals surface area contributed by atoms with Crippen LogP contribution in [0.5, 0.6) is 0 Å². The number of rotatable bonds is 1. The van der Waals surface area contributed by atoms with Crippen molar-refractivity contribution in [2.24, 2.45) is 0 Å². The Morgan fingerprint density at radius 1 is 1.08 bits per heavy atom. The van der Waals surface area contributed by atoms with Gasteiger partial charge in [0.25, 0.3) is 0 Å². The number of hydrogen-bond acceptors (Lipinski definition) is 3. The molecule has 1 aromatic carbocycles. The van der Waals surface area contributed by atoms with Gasteiger partial charge in [-0.25, -0.2) is 0 Å². The van der Waals surface area contributed by atoms with Crippen molar-refractivity contribution in [1.82, 2.24) is 5.16 Å². The molecule has 0 atom stereocenters. The standard InChI is InChI=1S/C9H8N2O.ClH/c10-8-3-1-7(2-4-8)9-5-6-11-12-9;/h1-6H,10H2;1H. The SMILES string of the molecule is Cl.Nc1ccc(-c2ccno2)cc1. The highest BCUT2D eigenvalue weighted by atomic mass is 35.5. The van der Waals surface area contributed by atoms with Crippen molar-refractivity contribution in [3.05, 3.63) is 36.5 Å². The predicted octanol–water partition coefficient (Wildman–Crippen LogP) is 2.35. The van der Waals surface area contributed by atoms with E-state index in [4.69, 9.17) is 10.3 Å². The van der Waals surface area contributed by atoms with Crippen LogP contribution in [0.4, 0.5) is 5.69 Å². The number of halogens is 1. The second-order valence-electron chi connectivity index (χ2n) is 2.50. The van der Waals surface area contributed by atoms with Crippen LogP contribution in [-0.2, 0) is 0 Å². The highest BCUT2D eigenvalue weighted by molar-refractivity contribution is 5.85. The Kier molecular flexibility index (Phi) is 2.93. The molecule has 0 amide bonds. The lowest BCUT2D eigenvalue weighted by atomic mass is 10.1. The summed E-state index contributed by atoms with van der Waals surface area (Å²) in [5, 5.41) is 3.61. The molecule has 0 bridgehead atoms. The van der Waals surface area contributed by atoms with Crippen LogP contribution in [-0.4, -0.2) is 5.16 Å². The normalized spacial score (nSPS) is 9.23. The van der Waals surface area contributed by atoms with Gasteiger partial charge in [-0.2, -0.15) is 0 Å². The summed E-state index contributed by atoms with van der Waals surface area (Å²) in [6.07, 6.45) is 1.62. The lowest BCUT2D eigenvalue weighted by Crippen LogP contribution is -1.82. The monoisotopic (exact) mass is 196 g/mol. The Balaban J connectivity index is 0.000000845. The van der Waals surface area contributed by atoms with Crippen LogP contribution in [0.1, 0.15) is 0 Å². The van der Waals surface area contributed by atoms with Gasteiger partial charge in [-0.1, -0.05) is 5.16 Å². The number of nitrogens with zero attached hydrogens (tertiary/aromatic N) is 1. The van der Waals surface area contributed by atoms with E-state index >= 15 is 0 Å². The number of anilines is 1. The Morgan fingerprint density at radius 3 is 2.31 bits per heavy atom. The van der Waals surface area contributed by atoms with E-state index in [1.54, 1.807) is 6.20 Å². The van der Waals surface area contributed by atoms with E-state index in [0.29, 0.717) is 0 Å². The maximum atomic E-state index is 5.53. The van der Waals surface area contributed by atoms with Gasteiger partial charge in [0.05, 0.1) is 6.20 Å². The molecule has 1 heterocycles. The van der Waals surface area contributed by atoms with Gasteiger partial charge in [0, 0.05) is 17.3 Å². The molecule has 0 fully saturated rings. The topological polar surface area (TPSA) is 52.0 Å². The summed E-state index contributed by atoms with van der Waals surface area (Å²) in [6.45, 7) is 0. The molecule has 0 aliphatic carbocycles. The van der Waals surface area contributed by atoms with Gasteiger partial charge in [0.2, 0.25) is 0 Å². The first kappa shape index (κ1) is 9.61. The van der Waals surface area contributed by atoms with E-state index in [9.17, 15) is 0 Å². The molecule has 0 saturated heterocycles. The molecule has 0 spiro atoms. The van der Waals surface area contributed by atoms with Crippen LogP contribution in [0.3, 0.4) is 0 Å². The second kappa shape index (κ2) is 3.96. The van der Waals surface area contributed by atoms with Crippen molar-refractivity contribution < 1.29 is 4.52 Å². The van der Waals surface area contributed by atoms with Crippen molar-refractivity contribution in [3.63, 3.8) is 0 Å². The Morgan fingerprint density at radius 2 is 1.77 bits per heavy atom. The minimum Gasteiger partial charge on any atom is -0.399 e. The van der Waals surface area contributed by atoms with Crippen molar-refractivity contribution in [3.8, 4) is 11.3 Å². The number of hydrogen-bond donors (Lipinski definition) is 1. The highest BCUT2D eigenvalue weighted by Crippen LogP contribution is 2.19. The fourth-order valence-corrected chi connectivity index (χ4v) is 1.01. The van der Waals surface area contributed by atoms with E-state index in [0.717, 1.165) is 17.0 Å². The first-order chi connectivity index (χ1) is 5.86. The smallest absolute Gasteiger partial charge is 0.166 e. The van der Waals surface area contributed by atoms with Crippen molar-refractivity contribution in [2.45, 2.75) is 0 Å². The summed E-state index contributed by atoms with van der Waals surface area (Å²) < 4.78 is 4.97. The molecule has 4 heteroatoms. The maximum absolute atomic E-state index is 5.53. The van der Waals surface area contributed by atoms with Gasteiger partial charge in [0.1, 0.15) is 0 Å².